The summed E-state index contributed by atoms with van der Waals surface area (Å²) in [5, 5.41) is 0.584. The number of aromatic amines is 1. The number of ether oxygens (including phenoxy) is 1. The fraction of sp³-hybridized carbons (Fsp3) is 0.400. The van der Waals surface area contributed by atoms with Gasteiger partial charge in [-0.15, -0.1) is 0 Å². The Morgan fingerprint density at radius 1 is 1.33 bits per heavy atom. The third kappa shape index (κ3) is 4.00. The summed E-state index contributed by atoms with van der Waals surface area (Å²) in [6.45, 7) is 3.74. The topological polar surface area (TPSA) is 42.1 Å². The predicted octanol–water partition coefficient (Wildman–Crippen LogP) is 4.48. The molecule has 0 aliphatic rings. The lowest BCUT2D eigenvalue weighted by Crippen LogP contribution is -2.10. The first kappa shape index (κ1) is 15.4. The lowest BCUT2D eigenvalue weighted by molar-refractivity contribution is -0.133. The summed E-state index contributed by atoms with van der Waals surface area (Å²) in [6.07, 6.45) is -4.56. The molecular weight excluding hydrogens is 283 g/mol. The second kappa shape index (κ2) is 5.79. The van der Waals surface area contributed by atoms with Crippen molar-refractivity contribution in [1.29, 1.82) is 0 Å². The molecule has 6 heteroatoms. The maximum atomic E-state index is 12.2. The zero-order valence-corrected chi connectivity index (χ0v) is 11.8. The zero-order chi connectivity index (χ0) is 15.6. The standard InChI is InChI=1S/C15H16F3NO2/c1-9(2)21-10-3-4-13-11(7-10)12(8-19-13)14(20)5-6-15(16,17)18/h3-4,7-9,19H,5-6H2,1-2H3. The second-order valence-corrected chi connectivity index (χ2v) is 5.11. The SMILES string of the molecule is CC(C)Oc1ccc2[nH]cc(C(=O)CCC(F)(F)F)c2c1. The van der Waals surface area contributed by atoms with E-state index in [1.54, 1.807) is 18.2 Å². The minimum Gasteiger partial charge on any atom is -0.491 e. The minimum atomic E-state index is -4.33. The van der Waals surface area contributed by atoms with Crippen LogP contribution < -0.4 is 4.74 Å². The van der Waals surface area contributed by atoms with Gasteiger partial charge in [-0.05, 0) is 32.0 Å². The van der Waals surface area contributed by atoms with Crippen LogP contribution in [0.4, 0.5) is 13.2 Å². The molecule has 114 valence electrons. The number of alkyl halides is 3. The monoisotopic (exact) mass is 299 g/mol. The fourth-order valence-electron chi connectivity index (χ4n) is 2.07. The molecule has 0 aliphatic carbocycles. The molecule has 21 heavy (non-hydrogen) atoms. The van der Waals surface area contributed by atoms with Crippen LogP contribution in [0.2, 0.25) is 0 Å². The van der Waals surface area contributed by atoms with E-state index in [0.717, 1.165) is 0 Å². The molecule has 0 unspecified atom stereocenters. The van der Waals surface area contributed by atoms with E-state index in [2.05, 4.69) is 4.98 Å². The van der Waals surface area contributed by atoms with Gasteiger partial charge in [0.25, 0.3) is 0 Å². The molecule has 0 fully saturated rings. The number of fused-ring (bicyclic) bond motifs is 1. The van der Waals surface area contributed by atoms with E-state index < -0.39 is 24.8 Å². The number of carbonyl (C=O) groups is 1. The molecule has 0 radical (unpaired) electrons. The van der Waals surface area contributed by atoms with E-state index in [-0.39, 0.29) is 11.7 Å². The highest BCUT2D eigenvalue weighted by molar-refractivity contribution is 6.08. The van der Waals surface area contributed by atoms with E-state index in [9.17, 15) is 18.0 Å². The highest BCUT2D eigenvalue weighted by atomic mass is 19.4. The molecule has 0 bridgehead atoms. The highest BCUT2D eigenvalue weighted by Crippen LogP contribution is 2.27. The number of aromatic nitrogens is 1. The van der Waals surface area contributed by atoms with Gasteiger partial charge in [0.05, 0.1) is 12.5 Å². The van der Waals surface area contributed by atoms with Gasteiger partial charge in [-0.25, -0.2) is 0 Å². The predicted molar refractivity (Wildman–Crippen MR) is 73.7 cm³/mol. The molecule has 0 amide bonds. The van der Waals surface area contributed by atoms with Gasteiger partial charge in [0.2, 0.25) is 0 Å². The normalized spacial score (nSPS) is 12.1. The van der Waals surface area contributed by atoms with Crippen molar-refractivity contribution in [3.8, 4) is 5.75 Å². The molecule has 2 aromatic rings. The van der Waals surface area contributed by atoms with E-state index in [0.29, 0.717) is 16.7 Å². The Kier molecular flexibility index (Phi) is 4.25. The van der Waals surface area contributed by atoms with E-state index in [1.807, 2.05) is 13.8 Å². The van der Waals surface area contributed by atoms with Gasteiger partial charge in [-0.3, -0.25) is 4.79 Å². The third-order valence-electron chi connectivity index (χ3n) is 2.96. The quantitative estimate of drug-likeness (QED) is 0.827. The van der Waals surface area contributed by atoms with Crippen LogP contribution in [-0.4, -0.2) is 23.0 Å². The van der Waals surface area contributed by atoms with Gasteiger partial charge < -0.3 is 9.72 Å². The maximum Gasteiger partial charge on any atom is 0.389 e. The summed E-state index contributed by atoms with van der Waals surface area (Å²) in [5.41, 5.74) is 0.963. The van der Waals surface area contributed by atoms with E-state index in [1.165, 1.54) is 6.20 Å². The molecule has 3 nitrogen and oxygen atoms in total. The largest absolute Gasteiger partial charge is 0.491 e. The van der Waals surface area contributed by atoms with Gasteiger partial charge in [0, 0.05) is 29.1 Å². The number of carbonyl (C=O) groups excluding carboxylic acids is 1. The number of ketones is 1. The van der Waals surface area contributed by atoms with E-state index in [4.69, 9.17) is 4.74 Å². The van der Waals surface area contributed by atoms with Gasteiger partial charge in [-0.1, -0.05) is 0 Å². The van der Waals surface area contributed by atoms with Crippen LogP contribution in [0.5, 0.6) is 5.75 Å². The smallest absolute Gasteiger partial charge is 0.389 e. The summed E-state index contributed by atoms with van der Waals surface area (Å²) >= 11 is 0. The minimum absolute atomic E-state index is 0.0224. The van der Waals surface area contributed by atoms with Gasteiger partial charge in [0.15, 0.2) is 5.78 Å². The Labute approximate surface area is 120 Å². The maximum absolute atomic E-state index is 12.2. The van der Waals surface area contributed by atoms with Crippen LogP contribution in [0.25, 0.3) is 10.9 Å². The Bertz CT molecular complexity index is 644. The number of rotatable bonds is 5. The molecule has 1 heterocycles. The molecule has 1 aromatic heterocycles. The Morgan fingerprint density at radius 2 is 2.05 bits per heavy atom. The van der Waals surface area contributed by atoms with Crippen LogP contribution in [0.3, 0.4) is 0 Å². The number of nitrogens with one attached hydrogen (secondary N) is 1. The summed E-state index contributed by atoms with van der Waals surface area (Å²) in [6, 6.07) is 5.17. The van der Waals surface area contributed by atoms with Crippen molar-refractivity contribution in [2.45, 2.75) is 39.0 Å². The first-order valence-corrected chi connectivity index (χ1v) is 6.64. The van der Waals surface area contributed by atoms with Gasteiger partial charge in [-0.2, -0.15) is 13.2 Å². The lowest BCUT2D eigenvalue weighted by Gasteiger charge is -2.09. The number of Topliss-reactive ketones (excluding diaryl/α,β-unsaturated/α-hetero) is 1. The fourth-order valence-corrected chi connectivity index (χ4v) is 2.07. The number of hydrogen-bond acceptors (Lipinski definition) is 2. The lowest BCUT2D eigenvalue weighted by atomic mass is 10.1. The summed E-state index contributed by atoms with van der Waals surface area (Å²) in [5.74, 6) is 0.0576. The number of hydrogen-bond donors (Lipinski definition) is 1. The average Bonchev–Trinajstić information content (AvgIpc) is 2.77. The molecule has 1 aromatic carbocycles. The van der Waals surface area contributed by atoms with Crippen LogP contribution >= 0.6 is 0 Å². The number of benzene rings is 1. The number of H-pyrrole nitrogens is 1. The first-order valence-electron chi connectivity index (χ1n) is 6.64. The van der Waals surface area contributed by atoms with Crippen molar-refractivity contribution >= 4 is 16.7 Å². The molecule has 0 spiro atoms. The number of halogens is 3. The van der Waals surface area contributed by atoms with Crippen molar-refractivity contribution in [1.82, 2.24) is 4.98 Å². The summed E-state index contributed by atoms with van der Waals surface area (Å²) in [4.78, 5) is 14.8. The van der Waals surface area contributed by atoms with E-state index >= 15 is 0 Å². The molecular formula is C15H16F3NO2. The van der Waals surface area contributed by atoms with Crippen LogP contribution in [0.15, 0.2) is 24.4 Å². The third-order valence-corrected chi connectivity index (χ3v) is 2.96. The van der Waals surface area contributed by atoms with Crippen molar-refractivity contribution in [2.24, 2.45) is 0 Å². The van der Waals surface area contributed by atoms with Crippen molar-refractivity contribution in [3.05, 3.63) is 30.0 Å². The highest BCUT2D eigenvalue weighted by Gasteiger charge is 2.28. The molecule has 1 N–H and O–H groups in total. The van der Waals surface area contributed by atoms with Crippen LogP contribution in [0, 0.1) is 0 Å². The second-order valence-electron chi connectivity index (χ2n) is 5.11. The average molecular weight is 299 g/mol. The Hall–Kier alpha value is -1.98. The molecule has 0 atom stereocenters. The molecule has 2 rings (SSSR count). The van der Waals surface area contributed by atoms with Gasteiger partial charge in [0.1, 0.15) is 5.75 Å². The van der Waals surface area contributed by atoms with Crippen molar-refractivity contribution < 1.29 is 22.7 Å². The van der Waals surface area contributed by atoms with Crippen LogP contribution in [-0.2, 0) is 0 Å². The van der Waals surface area contributed by atoms with Crippen molar-refractivity contribution in [2.75, 3.05) is 0 Å². The Balaban J connectivity index is 2.25. The summed E-state index contributed by atoms with van der Waals surface area (Å²) in [7, 11) is 0. The Morgan fingerprint density at radius 3 is 2.67 bits per heavy atom. The molecule has 0 saturated heterocycles. The zero-order valence-electron chi connectivity index (χ0n) is 11.8. The molecule has 0 saturated carbocycles. The molecule has 0 aliphatic heterocycles. The summed E-state index contributed by atoms with van der Waals surface area (Å²) < 4.78 is 42.1. The van der Waals surface area contributed by atoms with Crippen LogP contribution in [0.1, 0.15) is 37.0 Å². The van der Waals surface area contributed by atoms with Crippen molar-refractivity contribution in [3.63, 3.8) is 0 Å². The van der Waals surface area contributed by atoms with Gasteiger partial charge >= 0.3 is 6.18 Å². The first-order chi connectivity index (χ1) is 9.76.